The summed E-state index contributed by atoms with van der Waals surface area (Å²) >= 11 is 0. The maximum Gasteiger partial charge on any atom is 0.347 e. The predicted molar refractivity (Wildman–Crippen MR) is 233 cm³/mol. The molecule has 62 heavy (non-hydrogen) atoms. The normalized spacial score (nSPS) is 20.6. The number of aromatic hydroxyl groups is 1. The molecule has 0 bridgehead atoms. The van der Waals surface area contributed by atoms with Gasteiger partial charge in [-0.15, -0.1) is 0 Å². The number of phenols is 1. The number of carbonyl (C=O) groups excluding carboxylic acids is 2. The summed E-state index contributed by atoms with van der Waals surface area (Å²) in [6.45, 7) is -0.174. The summed E-state index contributed by atoms with van der Waals surface area (Å²) in [5.74, 6) is -1.73. The first-order valence-electron chi connectivity index (χ1n) is 20.4. The lowest BCUT2D eigenvalue weighted by atomic mass is 9.47. The molecule has 13 nitrogen and oxygen atoms in total. The van der Waals surface area contributed by atoms with Crippen LogP contribution in [0.2, 0.25) is 0 Å². The van der Waals surface area contributed by atoms with E-state index in [9.17, 15) is 19.5 Å². The maximum atomic E-state index is 15.5. The molecule has 2 aliphatic carbocycles. The number of nitrogens with zero attached hydrogens (tertiary/aromatic N) is 5. The van der Waals surface area contributed by atoms with E-state index >= 15 is 9.59 Å². The Morgan fingerprint density at radius 1 is 0.823 bits per heavy atom. The average molecular weight is 828 g/mol. The van der Waals surface area contributed by atoms with Crippen molar-refractivity contribution in [1.29, 1.82) is 0 Å². The molecular formula is C49H41N5O8. The molecule has 3 aliphatic rings. The van der Waals surface area contributed by atoms with Crippen LogP contribution in [0.15, 0.2) is 141 Å². The smallest absolute Gasteiger partial charge is 0.347 e. The molecule has 0 amide bonds. The van der Waals surface area contributed by atoms with Crippen molar-refractivity contribution in [3.05, 3.63) is 181 Å². The quantitative estimate of drug-likeness (QED) is 0.192. The van der Waals surface area contributed by atoms with Crippen molar-refractivity contribution in [2.45, 2.75) is 43.3 Å². The zero-order valence-electron chi connectivity index (χ0n) is 34.1. The van der Waals surface area contributed by atoms with Gasteiger partial charge in [0.15, 0.2) is 23.1 Å². The van der Waals surface area contributed by atoms with Gasteiger partial charge in [0.05, 0.1) is 43.3 Å². The topological polar surface area (TPSA) is 157 Å². The minimum atomic E-state index is -1.54. The van der Waals surface area contributed by atoms with E-state index in [4.69, 9.17) is 9.47 Å². The minimum absolute atomic E-state index is 0.0128. The largest absolute Gasteiger partial charge is 0.508 e. The third-order valence-corrected chi connectivity index (χ3v) is 13.2. The van der Waals surface area contributed by atoms with Crippen molar-refractivity contribution in [3.8, 4) is 17.2 Å². The van der Waals surface area contributed by atoms with Crippen LogP contribution in [-0.2, 0) is 41.6 Å². The van der Waals surface area contributed by atoms with Gasteiger partial charge in [-0.1, -0.05) is 97.1 Å². The van der Waals surface area contributed by atoms with Crippen LogP contribution < -0.4 is 26.4 Å². The molecule has 13 heteroatoms. The third kappa shape index (κ3) is 5.53. The van der Waals surface area contributed by atoms with E-state index in [-0.39, 0.29) is 54.5 Å². The van der Waals surface area contributed by atoms with Crippen LogP contribution in [0.5, 0.6) is 17.2 Å². The van der Waals surface area contributed by atoms with Gasteiger partial charge < -0.3 is 19.1 Å². The lowest BCUT2D eigenvalue weighted by Gasteiger charge is -2.54. The molecule has 310 valence electrons. The Bertz CT molecular complexity index is 3270. The number of rotatable bonds is 8. The standard InChI is InChI=1S/C49H41N5O8/c1-51-38-27-41(62-3)40(61-2)26-36(38)50-35(46(51)58)21-22-52-47(59)53-23-20-32-37(54(53)48(52)60)25-34-45(57)33(28-12-6-4-7-13-28)24-42(56)49(34,30-15-8-5-9-16-30)44(32)43-31-17-11-10-14-29(31)18-19-39(43)55/h4-20,24,26-27,34,37,44,55H,21-23,25H2,1-3H3/t34-,37+,44+,49-/m0/s1. The number of allylic oxidation sites excluding steroid dienone is 4. The van der Waals surface area contributed by atoms with Crippen LogP contribution in [0, 0.1) is 5.92 Å². The summed E-state index contributed by atoms with van der Waals surface area (Å²) < 4.78 is 16.2. The molecule has 5 aromatic carbocycles. The molecule has 0 unspecified atom stereocenters. The maximum absolute atomic E-state index is 15.5. The lowest BCUT2D eigenvalue weighted by molar-refractivity contribution is -0.133. The van der Waals surface area contributed by atoms with Crippen LogP contribution in [0.4, 0.5) is 0 Å². The first-order valence-corrected chi connectivity index (χ1v) is 20.4. The van der Waals surface area contributed by atoms with Crippen LogP contribution in [0.25, 0.3) is 27.4 Å². The van der Waals surface area contributed by atoms with Crippen molar-refractivity contribution in [2.24, 2.45) is 13.0 Å². The van der Waals surface area contributed by atoms with Gasteiger partial charge >= 0.3 is 11.4 Å². The van der Waals surface area contributed by atoms with E-state index in [1.165, 1.54) is 34.2 Å². The Hall–Kier alpha value is -7.54. The van der Waals surface area contributed by atoms with E-state index < -0.39 is 40.2 Å². The molecule has 10 rings (SSSR count). The molecule has 7 aromatic rings. The number of phenolic OH excluding ortho intramolecular Hbond substituents is 1. The fourth-order valence-electron chi connectivity index (χ4n) is 10.4. The molecule has 1 saturated carbocycles. The fourth-order valence-corrected chi connectivity index (χ4v) is 10.4. The van der Waals surface area contributed by atoms with Gasteiger partial charge in [0, 0.05) is 55.1 Å². The van der Waals surface area contributed by atoms with Gasteiger partial charge in [0.1, 0.15) is 11.4 Å². The second-order valence-electron chi connectivity index (χ2n) is 16.1. The number of aromatic nitrogens is 5. The molecule has 1 aliphatic heterocycles. The highest BCUT2D eigenvalue weighted by atomic mass is 16.5. The third-order valence-electron chi connectivity index (χ3n) is 13.2. The van der Waals surface area contributed by atoms with Crippen molar-refractivity contribution < 1.29 is 24.2 Å². The van der Waals surface area contributed by atoms with Crippen molar-refractivity contribution in [3.63, 3.8) is 0 Å². The number of benzene rings is 5. The zero-order chi connectivity index (χ0) is 43.0. The summed E-state index contributed by atoms with van der Waals surface area (Å²) in [5.41, 5.74) is 0.550. The molecule has 3 heterocycles. The van der Waals surface area contributed by atoms with E-state index in [0.717, 1.165) is 9.95 Å². The number of aryl methyl sites for hydroxylation is 2. The monoisotopic (exact) mass is 827 g/mol. The van der Waals surface area contributed by atoms with Gasteiger partial charge in [-0.3, -0.25) is 14.4 Å². The summed E-state index contributed by atoms with van der Waals surface area (Å²) in [6, 6.07) is 31.7. The first-order chi connectivity index (χ1) is 30.1. The second-order valence-corrected chi connectivity index (χ2v) is 16.1. The number of methoxy groups -OCH3 is 2. The SMILES string of the molecule is COc1cc2nc(CCn3c(=O)n4n(c3=O)[C@@H]3C[C@H]5C(=O)C(c6ccccc6)=CC(=O)[C@@]5(c5ccccc5)[C@@H](c5c(O)ccc6ccccc56)C3=CC4)c(=O)n(C)c2cc1OC. The predicted octanol–water partition coefficient (Wildman–Crippen LogP) is 5.64. The van der Waals surface area contributed by atoms with Crippen molar-refractivity contribution >= 4 is 38.9 Å². The highest BCUT2D eigenvalue weighted by Crippen LogP contribution is 2.63. The van der Waals surface area contributed by atoms with Crippen molar-refractivity contribution in [1.82, 2.24) is 23.5 Å². The molecule has 0 saturated heterocycles. The summed E-state index contributed by atoms with van der Waals surface area (Å²) in [4.78, 5) is 78.2. The van der Waals surface area contributed by atoms with Gasteiger partial charge in [-0.05, 0) is 46.0 Å². The van der Waals surface area contributed by atoms with Crippen LogP contribution in [0.3, 0.4) is 0 Å². The second kappa shape index (κ2) is 14.6. The number of ketones is 2. The van der Waals surface area contributed by atoms with Gasteiger partial charge in [-0.25, -0.2) is 28.5 Å². The number of hydrogen-bond donors (Lipinski definition) is 1. The van der Waals surface area contributed by atoms with Crippen molar-refractivity contribution in [2.75, 3.05) is 14.2 Å². The van der Waals surface area contributed by atoms with E-state index in [2.05, 4.69) is 4.98 Å². The Morgan fingerprint density at radius 2 is 1.52 bits per heavy atom. The molecule has 4 atom stereocenters. The lowest BCUT2D eigenvalue weighted by Crippen LogP contribution is -2.58. The summed E-state index contributed by atoms with van der Waals surface area (Å²) in [7, 11) is 4.62. The number of carbonyl (C=O) groups is 2. The highest BCUT2D eigenvalue weighted by Gasteiger charge is 2.63. The summed E-state index contributed by atoms with van der Waals surface area (Å²) in [6.07, 6.45) is 3.31. The van der Waals surface area contributed by atoms with Crippen LogP contribution in [-0.4, -0.2) is 54.4 Å². The minimum Gasteiger partial charge on any atom is -0.508 e. The molecule has 1 fully saturated rings. The van der Waals surface area contributed by atoms with Gasteiger partial charge in [-0.2, -0.15) is 0 Å². The van der Waals surface area contributed by atoms with Crippen LogP contribution >= 0.6 is 0 Å². The molecular weight excluding hydrogens is 787 g/mol. The first kappa shape index (κ1) is 38.6. The number of ether oxygens (including phenoxy) is 2. The Morgan fingerprint density at radius 3 is 2.26 bits per heavy atom. The van der Waals surface area contributed by atoms with E-state index in [1.54, 1.807) is 37.4 Å². The zero-order valence-corrected chi connectivity index (χ0v) is 34.1. The Kier molecular flexibility index (Phi) is 9.09. The Labute approximate surface area is 354 Å². The summed E-state index contributed by atoms with van der Waals surface area (Å²) in [5, 5.41) is 13.5. The molecule has 0 radical (unpaired) electrons. The highest BCUT2D eigenvalue weighted by molar-refractivity contribution is 6.31. The van der Waals surface area contributed by atoms with Crippen LogP contribution in [0.1, 0.15) is 40.8 Å². The molecule has 0 spiro atoms. The average Bonchev–Trinajstić information content (AvgIpc) is 3.55. The number of hydrogen-bond acceptors (Lipinski definition) is 9. The van der Waals surface area contributed by atoms with E-state index in [0.29, 0.717) is 50.2 Å². The molecule has 2 aromatic heterocycles. The number of fused-ring (bicyclic) bond motifs is 6. The Balaban J connectivity index is 1.15. The van der Waals surface area contributed by atoms with E-state index in [1.807, 2.05) is 84.9 Å². The van der Waals surface area contributed by atoms with Gasteiger partial charge in [0.25, 0.3) is 5.56 Å². The van der Waals surface area contributed by atoms with Gasteiger partial charge in [0.2, 0.25) is 0 Å². The number of Topliss-reactive ketones (excluding diaryl/α,β-unsaturated/α-hetero) is 1. The fraction of sp³-hybridized carbons (Fsp3) is 0.224. The molecule has 1 N–H and O–H groups in total.